The molecule has 1 aliphatic carbocycles. The Kier molecular flexibility index (Phi) is 3.36. The highest BCUT2D eigenvalue weighted by Gasteiger charge is 2.25. The summed E-state index contributed by atoms with van der Waals surface area (Å²) in [7, 11) is 0. The van der Waals surface area contributed by atoms with Crippen molar-refractivity contribution in [2.45, 2.75) is 58.0 Å². The van der Waals surface area contributed by atoms with Crippen LogP contribution >= 0.6 is 11.3 Å². The quantitative estimate of drug-likeness (QED) is 0.875. The van der Waals surface area contributed by atoms with E-state index in [-0.39, 0.29) is 11.5 Å². The number of rotatable bonds is 4. The van der Waals surface area contributed by atoms with Crippen molar-refractivity contribution in [2.75, 3.05) is 0 Å². The molecular weight excluding hydrogens is 218 g/mol. The lowest BCUT2D eigenvalue weighted by Gasteiger charge is -2.14. The first-order valence-corrected chi connectivity index (χ1v) is 6.96. The second kappa shape index (κ2) is 4.46. The van der Waals surface area contributed by atoms with Crippen LogP contribution in [0.15, 0.2) is 5.38 Å². The Labute approximate surface area is 102 Å². The molecule has 0 bridgehead atoms. The van der Waals surface area contributed by atoms with Gasteiger partial charge in [0.2, 0.25) is 0 Å². The summed E-state index contributed by atoms with van der Waals surface area (Å²) in [6.45, 7) is 6.52. The summed E-state index contributed by atoms with van der Waals surface area (Å²) in [4.78, 5) is 4.61. The lowest BCUT2D eigenvalue weighted by atomic mass is 9.93. The van der Waals surface area contributed by atoms with Crippen LogP contribution in [0.1, 0.15) is 50.7 Å². The second-order valence-corrected chi connectivity index (χ2v) is 6.86. The third-order valence-electron chi connectivity index (χ3n) is 3.03. The van der Waals surface area contributed by atoms with E-state index in [0.717, 1.165) is 29.5 Å². The Morgan fingerprint density at radius 2 is 2.19 bits per heavy atom. The average molecular weight is 239 g/mol. The smallest absolute Gasteiger partial charge is 0.0954 e. The van der Waals surface area contributed by atoms with E-state index in [0.29, 0.717) is 0 Å². The molecule has 2 nitrogen and oxygen atoms in total. The van der Waals surface area contributed by atoms with Crippen molar-refractivity contribution < 1.29 is 5.11 Å². The van der Waals surface area contributed by atoms with Gasteiger partial charge in [0.05, 0.1) is 16.8 Å². The Hall–Kier alpha value is -0.410. The second-order valence-electron chi connectivity index (χ2n) is 5.91. The van der Waals surface area contributed by atoms with Crippen molar-refractivity contribution in [2.24, 2.45) is 5.92 Å². The zero-order valence-electron chi connectivity index (χ0n) is 10.4. The predicted molar refractivity (Wildman–Crippen MR) is 67.9 cm³/mol. The van der Waals surface area contributed by atoms with Gasteiger partial charge in [0.15, 0.2) is 0 Å². The summed E-state index contributed by atoms with van der Waals surface area (Å²) < 4.78 is 0. The minimum absolute atomic E-state index is 0.121. The molecule has 1 aliphatic rings. The third-order valence-corrected chi connectivity index (χ3v) is 3.90. The van der Waals surface area contributed by atoms with Gasteiger partial charge in [0.1, 0.15) is 0 Å². The molecule has 3 heteroatoms. The summed E-state index contributed by atoms with van der Waals surface area (Å²) >= 11 is 1.68. The Balaban J connectivity index is 1.91. The molecule has 2 rings (SSSR count). The van der Waals surface area contributed by atoms with Crippen LogP contribution in [0.3, 0.4) is 0 Å². The fourth-order valence-electron chi connectivity index (χ4n) is 1.77. The minimum atomic E-state index is -0.188. The zero-order valence-corrected chi connectivity index (χ0v) is 11.2. The maximum Gasteiger partial charge on any atom is 0.0954 e. The molecule has 0 amide bonds. The minimum Gasteiger partial charge on any atom is -0.393 e. The highest BCUT2D eigenvalue weighted by molar-refractivity contribution is 7.09. The molecule has 1 unspecified atom stereocenters. The van der Waals surface area contributed by atoms with E-state index in [1.54, 1.807) is 11.3 Å². The SMILES string of the molecule is CC(C)(C)c1csc(CC(O)CC2CC2)n1. The number of aromatic nitrogens is 1. The summed E-state index contributed by atoms with van der Waals surface area (Å²) in [6, 6.07) is 0. The van der Waals surface area contributed by atoms with Crippen LogP contribution in [0, 0.1) is 5.92 Å². The van der Waals surface area contributed by atoms with Crippen molar-refractivity contribution in [3.63, 3.8) is 0 Å². The molecular formula is C13H21NOS. The third kappa shape index (κ3) is 3.29. The van der Waals surface area contributed by atoms with Crippen LogP contribution in [-0.4, -0.2) is 16.2 Å². The fourth-order valence-corrected chi connectivity index (χ4v) is 2.87. The molecule has 1 fully saturated rings. The van der Waals surface area contributed by atoms with Gasteiger partial charge in [-0.2, -0.15) is 0 Å². The van der Waals surface area contributed by atoms with Crippen LogP contribution in [0.2, 0.25) is 0 Å². The maximum atomic E-state index is 9.89. The predicted octanol–water partition coefficient (Wildman–Crippen LogP) is 3.14. The van der Waals surface area contributed by atoms with Gasteiger partial charge in [-0.3, -0.25) is 0 Å². The maximum absolute atomic E-state index is 9.89. The number of hydrogen-bond donors (Lipinski definition) is 1. The van der Waals surface area contributed by atoms with Gasteiger partial charge in [0, 0.05) is 17.2 Å². The monoisotopic (exact) mass is 239 g/mol. The van der Waals surface area contributed by atoms with E-state index >= 15 is 0 Å². The molecule has 16 heavy (non-hydrogen) atoms. The van der Waals surface area contributed by atoms with Crippen molar-refractivity contribution >= 4 is 11.3 Å². The van der Waals surface area contributed by atoms with E-state index in [4.69, 9.17) is 0 Å². The number of nitrogens with zero attached hydrogens (tertiary/aromatic N) is 1. The van der Waals surface area contributed by atoms with Gasteiger partial charge in [-0.05, 0) is 12.3 Å². The topological polar surface area (TPSA) is 33.1 Å². The zero-order chi connectivity index (χ0) is 11.8. The van der Waals surface area contributed by atoms with Crippen LogP contribution < -0.4 is 0 Å². The van der Waals surface area contributed by atoms with Crippen LogP contribution in [0.4, 0.5) is 0 Å². The van der Waals surface area contributed by atoms with Gasteiger partial charge in [0.25, 0.3) is 0 Å². The lowest BCUT2D eigenvalue weighted by Crippen LogP contribution is -2.13. The molecule has 0 aromatic carbocycles. The number of thiazole rings is 1. The highest BCUT2D eigenvalue weighted by Crippen LogP contribution is 2.34. The van der Waals surface area contributed by atoms with Crippen LogP contribution in [0.5, 0.6) is 0 Å². The molecule has 1 heterocycles. The number of aliphatic hydroxyl groups excluding tert-OH is 1. The van der Waals surface area contributed by atoms with Crippen molar-refractivity contribution in [3.8, 4) is 0 Å². The number of hydrogen-bond acceptors (Lipinski definition) is 3. The molecule has 0 aliphatic heterocycles. The Morgan fingerprint density at radius 3 is 2.69 bits per heavy atom. The van der Waals surface area contributed by atoms with Gasteiger partial charge in [-0.25, -0.2) is 4.98 Å². The molecule has 1 atom stereocenters. The van der Waals surface area contributed by atoms with Crippen molar-refractivity contribution in [3.05, 3.63) is 16.1 Å². The first-order valence-electron chi connectivity index (χ1n) is 6.08. The molecule has 1 saturated carbocycles. The van der Waals surface area contributed by atoms with Crippen molar-refractivity contribution in [1.29, 1.82) is 0 Å². The van der Waals surface area contributed by atoms with Crippen LogP contribution in [-0.2, 0) is 11.8 Å². The standard InChI is InChI=1S/C13H21NOS/c1-13(2,3)11-8-16-12(14-11)7-10(15)6-9-4-5-9/h8-10,15H,4-7H2,1-3H3. The summed E-state index contributed by atoms with van der Waals surface area (Å²) in [5.41, 5.74) is 1.27. The van der Waals surface area contributed by atoms with E-state index in [1.165, 1.54) is 12.8 Å². The fraction of sp³-hybridized carbons (Fsp3) is 0.769. The molecule has 0 saturated heterocycles. The first-order chi connectivity index (χ1) is 7.45. The molecule has 1 aromatic heterocycles. The van der Waals surface area contributed by atoms with E-state index < -0.39 is 0 Å². The van der Waals surface area contributed by atoms with E-state index in [9.17, 15) is 5.11 Å². The summed E-state index contributed by atoms with van der Waals surface area (Å²) in [6.07, 6.45) is 4.12. The van der Waals surface area contributed by atoms with Gasteiger partial charge in [-0.15, -0.1) is 11.3 Å². The molecule has 1 aromatic rings. The lowest BCUT2D eigenvalue weighted by molar-refractivity contribution is 0.158. The van der Waals surface area contributed by atoms with Crippen LogP contribution in [0.25, 0.3) is 0 Å². The van der Waals surface area contributed by atoms with E-state index in [2.05, 4.69) is 31.1 Å². The van der Waals surface area contributed by atoms with Gasteiger partial charge in [-0.1, -0.05) is 33.6 Å². The first kappa shape index (κ1) is 12.1. The largest absolute Gasteiger partial charge is 0.393 e. The summed E-state index contributed by atoms with van der Waals surface area (Å²) in [5, 5.41) is 13.1. The highest BCUT2D eigenvalue weighted by atomic mass is 32.1. The molecule has 0 spiro atoms. The Morgan fingerprint density at radius 1 is 1.50 bits per heavy atom. The molecule has 90 valence electrons. The number of aliphatic hydroxyl groups is 1. The molecule has 0 radical (unpaired) electrons. The van der Waals surface area contributed by atoms with Crippen molar-refractivity contribution in [1.82, 2.24) is 4.98 Å². The normalized spacial score (nSPS) is 18.8. The van der Waals surface area contributed by atoms with E-state index in [1.807, 2.05) is 0 Å². The average Bonchev–Trinajstić information content (AvgIpc) is 2.80. The van der Waals surface area contributed by atoms with Gasteiger partial charge >= 0.3 is 0 Å². The molecule has 1 N–H and O–H groups in total. The summed E-state index contributed by atoms with van der Waals surface area (Å²) in [5.74, 6) is 0.789. The van der Waals surface area contributed by atoms with Gasteiger partial charge < -0.3 is 5.11 Å². The Bertz CT molecular complexity index is 349.